The van der Waals surface area contributed by atoms with Gasteiger partial charge in [-0.2, -0.15) is 0 Å². The van der Waals surface area contributed by atoms with Crippen LogP contribution in [0.2, 0.25) is 0 Å². The minimum atomic E-state index is -4.06. The number of aliphatic carboxylic acids is 1. The number of phenolic OH excluding ortho intramolecular Hbond substituents is 1. The molecule has 5 nitrogen and oxygen atoms in total. The second kappa shape index (κ2) is 2.83. The highest BCUT2D eigenvalue weighted by Gasteiger charge is 2.36. The number of fused-ring (bicyclic) bond motifs is 1. The van der Waals surface area contributed by atoms with E-state index in [-0.39, 0.29) is 10.5 Å². The largest absolute Gasteiger partial charge is 0.507 e. The van der Waals surface area contributed by atoms with Crippen LogP contribution in [0, 0.1) is 0 Å². The number of rotatable bonds is 1. The van der Waals surface area contributed by atoms with Crippen LogP contribution in [-0.2, 0) is 14.6 Å². The lowest BCUT2D eigenvalue weighted by molar-refractivity contribution is -0.131. The molecule has 0 atom stereocenters. The summed E-state index contributed by atoms with van der Waals surface area (Å²) in [7, 11) is -4.06. The maximum atomic E-state index is 11.6. The average molecular weight is 226 g/mol. The summed E-state index contributed by atoms with van der Waals surface area (Å²) in [6.45, 7) is 0. The number of hydrogen-bond acceptors (Lipinski definition) is 4. The third kappa shape index (κ3) is 1.22. The number of benzene rings is 1. The van der Waals surface area contributed by atoms with E-state index < -0.39 is 26.5 Å². The van der Waals surface area contributed by atoms with Crippen molar-refractivity contribution in [2.45, 2.75) is 4.90 Å². The Bertz CT molecular complexity index is 583. The van der Waals surface area contributed by atoms with Crippen molar-refractivity contribution < 1.29 is 23.4 Å². The van der Waals surface area contributed by atoms with Gasteiger partial charge in [-0.15, -0.1) is 0 Å². The van der Waals surface area contributed by atoms with Crippen molar-refractivity contribution in [3.63, 3.8) is 0 Å². The summed E-state index contributed by atoms with van der Waals surface area (Å²) < 4.78 is 23.3. The Hall–Kier alpha value is -1.82. The molecule has 0 amide bonds. The number of carbonyl (C=O) groups is 1. The zero-order valence-corrected chi connectivity index (χ0v) is 8.15. The molecular weight excluding hydrogens is 220 g/mol. The predicted octanol–water partition coefficient (Wildman–Crippen LogP) is 0.605. The van der Waals surface area contributed by atoms with Gasteiger partial charge in [-0.3, -0.25) is 0 Å². The predicted molar refractivity (Wildman–Crippen MR) is 50.9 cm³/mol. The summed E-state index contributed by atoms with van der Waals surface area (Å²) in [4.78, 5) is 9.63. The minimum absolute atomic E-state index is 0.201. The van der Waals surface area contributed by atoms with Crippen LogP contribution in [0.25, 0.3) is 6.08 Å². The van der Waals surface area contributed by atoms with Crippen LogP contribution in [0.5, 0.6) is 5.75 Å². The molecular formula is C9H6O5S. The maximum Gasteiger partial charge on any atom is 0.347 e. The van der Waals surface area contributed by atoms with Gasteiger partial charge in [0.05, 0.1) is 0 Å². The Morgan fingerprint density at radius 2 is 1.93 bits per heavy atom. The molecule has 0 unspecified atom stereocenters. The van der Waals surface area contributed by atoms with Crippen LogP contribution in [0.4, 0.5) is 0 Å². The summed E-state index contributed by atoms with van der Waals surface area (Å²) in [5.74, 6) is -1.95. The lowest BCUT2D eigenvalue weighted by atomic mass is 10.2. The van der Waals surface area contributed by atoms with Gasteiger partial charge in [-0.1, -0.05) is 12.1 Å². The fourth-order valence-electron chi connectivity index (χ4n) is 1.45. The summed E-state index contributed by atoms with van der Waals surface area (Å²) in [6, 6.07) is 4.09. The fourth-order valence-corrected chi connectivity index (χ4v) is 2.97. The molecule has 0 aromatic heterocycles. The first-order valence-electron chi connectivity index (χ1n) is 3.96. The van der Waals surface area contributed by atoms with Gasteiger partial charge in [0.15, 0.2) is 4.91 Å². The maximum absolute atomic E-state index is 11.6. The molecule has 0 saturated carbocycles. The number of phenols is 1. The standard InChI is InChI=1S/C9H6O5S/c10-6-3-1-2-5-4-7(9(11)12)15(13,14)8(5)6/h1-4,10H,(H,11,12). The van der Waals surface area contributed by atoms with Gasteiger partial charge in [0.25, 0.3) is 0 Å². The highest BCUT2D eigenvalue weighted by molar-refractivity contribution is 7.96. The van der Waals surface area contributed by atoms with Crippen LogP contribution in [0.3, 0.4) is 0 Å². The topological polar surface area (TPSA) is 91.7 Å². The molecule has 0 fully saturated rings. The van der Waals surface area contributed by atoms with E-state index in [1.54, 1.807) is 0 Å². The van der Waals surface area contributed by atoms with E-state index in [9.17, 15) is 18.3 Å². The van der Waals surface area contributed by atoms with E-state index in [2.05, 4.69) is 0 Å². The highest BCUT2D eigenvalue weighted by Crippen LogP contribution is 2.38. The fraction of sp³-hybridized carbons (Fsp3) is 0. The van der Waals surface area contributed by atoms with E-state index in [1.807, 2.05) is 0 Å². The quantitative estimate of drug-likeness (QED) is 0.731. The van der Waals surface area contributed by atoms with Crippen LogP contribution in [-0.4, -0.2) is 24.6 Å². The van der Waals surface area contributed by atoms with Crippen molar-refractivity contribution >= 4 is 21.9 Å². The van der Waals surface area contributed by atoms with Crippen LogP contribution >= 0.6 is 0 Å². The van der Waals surface area contributed by atoms with E-state index >= 15 is 0 Å². The highest BCUT2D eigenvalue weighted by atomic mass is 32.2. The molecule has 78 valence electrons. The Kier molecular flexibility index (Phi) is 1.84. The van der Waals surface area contributed by atoms with Crippen LogP contribution in [0.15, 0.2) is 28.0 Å². The normalized spacial score (nSPS) is 16.9. The van der Waals surface area contributed by atoms with Gasteiger partial charge in [0.1, 0.15) is 10.6 Å². The van der Waals surface area contributed by atoms with Crippen molar-refractivity contribution in [2.75, 3.05) is 0 Å². The first-order valence-corrected chi connectivity index (χ1v) is 5.45. The lowest BCUT2D eigenvalue weighted by Crippen LogP contribution is -2.09. The zero-order valence-electron chi connectivity index (χ0n) is 7.34. The van der Waals surface area contributed by atoms with E-state index in [0.29, 0.717) is 0 Å². The number of hydrogen-bond donors (Lipinski definition) is 2. The molecule has 1 aromatic carbocycles. The van der Waals surface area contributed by atoms with Gasteiger partial charge < -0.3 is 10.2 Å². The monoisotopic (exact) mass is 226 g/mol. The summed E-state index contributed by atoms with van der Waals surface area (Å²) in [6.07, 6.45) is 1.03. The lowest BCUT2D eigenvalue weighted by Gasteiger charge is -2.01. The van der Waals surface area contributed by atoms with Crippen LogP contribution in [0.1, 0.15) is 5.56 Å². The van der Waals surface area contributed by atoms with Crippen LogP contribution < -0.4 is 0 Å². The van der Waals surface area contributed by atoms with Crippen molar-refractivity contribution in [2.24, 2.45) is 0 Å². The van der Waals surface area contributed by atoms with Gasteiger partial charge >= 0.3 is 5.97 Å². The molecule has 0 saturated heterocycles. The first kappa shape index (κ1) is 9.72. The third-order valence-corrected chi connectivity index (χ3v) is 3.93. The molecule has 1 aliphatic rings. The molecule has 0 radical (unpaired) electrons. The van der Waals surface area contributed by atoms with Crippen molar-refractivity contribution in [3.05, 3.63) is 28.7 Å². The van der Waals surface area contributed by atoms with Gasteiger partial charge in [-0.25, -0.2) is 13.2 Å². The molecule has 15 heavy (non-hydrogen) atoms. The smallest absolute Gasteiger partial charge is 0.347 e. The zero-order chi connectivity index (χ0) is 11.2. The SMILES string of the molecule is O=C(O)C1=Cc2cccc(O)c2S1(=O)=O. The molecule has 0 aliphatic carbocycles. The molecule has 1 aliphatic heterocycles. The second-order valence-electron chi connectivity index (χ2n) is 3.01. The molecule has 0 spiro atoms. The van der Waals surface area contributed by atoms with E-state index in [0.717, 1.165) is 6.08 Å². The summed E-state index contributed by atoms with van der Waals surface area (Å²) in [5.41, 5.74) is 0.201. The summed E-state index contributed by atoms with van der Waals surface area (Å²) >= 11 is 0. The Labute approximate surface area is 85.2 Å². The molecule has 6 heteroatoms. The van der Waals surface area contributed by atoms with Gasteiger partial charge in [0, 0.05) is 0 Å². The Balaban J connectivity index is 2.80. The molecule has 2 rings (SSSR count). The van der Waals surface area contributed by atoms with Gasteiger partial charge in [-0.05, 0) is 17.7 Å². The summed E-state index contributed by atoms with van der Waals surface area (Å²) in [5, 5.41) is 18.0. The van der Waals surface area contributed by atoms with Gasteiger partial charge in [0.2, 0.25) is 9.84 Å². The molecule has 1 aromatic rings. The van der Waals surface area contributed by atoms with E-state index in [1.165, 1.54) is 18.2 Å². The molecule has 1 heterocycles. The van der Waals surface area contributed by atoms with Crippen molar-refractivity contribution in [3.8, 4) is 5.75 Å². The number of carboxylic acids is 1. The number of sulfone groups is 1. The molecule has 2 N–H and O–H groups in total. The third-order valence-electron chi connectivity index (χ3n) is 2.08. The number of aromatic hydroxyl groups is 1. The first-order chi connectivity index (χ1) is 6.94. The van der Waals surface area contributed by atoms with E-state index in [4.69, 9.17) is 5.11 Å². The minimum Gasteiger partial charge on any atom is -0.507 e. The van der Waals surface area contributed by atoms with Crippen molar-refractivity contribution in [1.82, 2.24) is 0 Å². The van der Waals surface area contributed by atoms with Crippen molar-refractivity contribution in [1.29, 1.82) is 0 Å². The average Bonchev–Trinajstić information content (AvgIpc) is 2.39. The number of carboxylic acid groups (broad SMARTS) is 1. The Morgan fingerprint density at radius 1 is 1.27 bits per heavy atom. The second-order valence-corrected chi connectivity index (χ2v) is 4.87. The molecule has 0 bridgehead atoms. The Morgan fingerprint density at radius 3 is 2.47 bits per heavy atom.